The molecule has 2 amide bonds. The molecule has 1 aliphatic rings. The van der Waals surface area contributed by atoms with Crippen LogP contribution in [-0.2, 0) is 21.2 Å². The lowest BCUT2D eigenvalue weighted by atomic mass is 9.82. The normalized spacial score (nSPS) is 16.7. The summed E-state index contributed by atoms with van der Waals surface area (Å²) < 4.78 is 50.0. The number of rotatable bonds is 2. The molecule has 1 fully saturated rings. The molecule has 1 aromatic carbocycles. The Bertz CT molecular complexity index is 773. The Kier molecular flexibility index (Phi) is 5.84. The minimum Gasteiger partial charge on any atom is -0.444 e. The Morgan fingerprint density at radius 2 is 1.55 bits per heavy atom. The fraction of sp³-hybridized carbons (Fsp3) is 0.600. The number of carbonyl (C=O) groups excluding carboxylic acids is 2. The average molecular weight is 416 g/mol. The highest BCUT2D eigenvalue weighted by Crippen LogP contribution is 2.37. The van der Waals surface area contributed by atoms with Gasteiger partial charge in [0, 0.05) is 0 Å². The number of alkyl halides is 3. The van der Waals surface area contributed by atoms with Crippen LogP contribution in [0.15, 0.2) is 24.3 Å². The zero-order valence-corrected chi connectivity index (χ0v) is 17.4. The summed E-state index contributed by atoms with van der Waals surface area (Å²) in [6, 6.07) is 4.69. The van der Waals surface area contributed by atoms with Gasteiger partial charge in [-0.05, 0) is 59.2 Å². The van der Waals surface area contributed by atoms with Crippen LogP contribution in [0.25, 0.3) is 0 Å². The smallest absolute Gasteiger partial charge is 0.416 e. The van der Waals surface area contributed by atoms with E-state index in [1.54, 1.807) is 41.5 Å². The van der Waals surface area contributed by atoms with E-state index >= 15 is 0 Å². The zero-order chi connectivity index (χ0) is 22.3. The zero-order valence-electron chi connectivity index (χ0n) is 17.4. The molecule has 1 heterocycles. The Labute approximate surface area is 168 Å². The largest absolute Gasteiger partial charge is 0.444 e. The summed E-state index contributed by atoms with van der Waals surface area (Å²) in [6.45, 7) is 10.1. The SMILES string of the molecule is CC(C)(C)OC(=O)NC1(c2cccc(C(F)(F)F)c2)CN(C(=O)OC(C)(C)C)C1. The van der Waals surface area contributed by atoms with E-state index in [1.165, 1.54) is 17.0 Å². The van der Waals surface area contributed by atoms with Gasteiger partial charge in [-0.2, -0.15) is 13.2 Å². The van der Waals surface area contributed by atoms with Crippen molar-refractivity contribution >= 4 is 12.2 Å². The van der Waals surface area contributed by atoms with Gasteiger partial charge in [-0.1, -0.05) is 12.1 Å². The summed E-state index contributed by atoms with van der Waals surface area (Å²) in [5.74, 6) is 0. The van der Waals surface area contributed by atoms with E-state index in [4.69, 9.17) is 9.47 Å². The maximum Gasteiger partial charge on any atom is 0.416 e. The summed E-state index contributed by atoms with van der Waals surface area (Å²) in [5, 5.41) is 2.65. The minimum atomic E-state index is -4.53. The van der Waals surface area contributed by atoms with Crippen molar-refractivity contribution in [2.75, 3.05) is 13.1 Å². The number of hydrogen-bond acceptors (Lipinski definition) is 4. The molecule has 1 N–H and O–H groups in total. The van der Waals surface area contributed by atoms with Crippen molar-refractivity contribution in [2.45, 2.75) is 64.5 Å². The van der Waals surface area contributed by atoms with Gasteiger partial charge in [0.1, 0.15) is 16.7 Å². The van der Waals surface area contributed by atoms with E-state index < -0.39 is 40.7 Å². The number of ether oxygens (including phenoxy) is 2. The Hall–Kier alpha value is -2.45. The first-order valence-corrected chi connectivity index (χ1v) is 9.18. The number of amides is 2. The molecule has 1 aliphatic heterocycles. The molecule has 0 unspecified atom stereocenters. The average Bonchev–Trinajstić information content (AvgIpc) is 2.46. The molecule has 162 valence electrons. The van der Waals surface area contributed by atoms with Gasteiger partial charge >= 0.3 is 18.4 Å². The number of likely N-dealkylation sites (tertiary alicyclic amines) is 1. The van der Waals surface area contributed by atoms with Gasteiger partial charge in [0.25, 0.3) is 0 Å². The first-order valence-electron chi connectivity index (χ1n) is 9.18. The predicted molar refractivity (Wildman–Crippen MR) is 100 cm³/mol. The van der Waals surface area contributed by atoms with Crippen LogP contribution >= 0.6 is 0 Å². The number of benzene rings is 1. The van der Waals surface area contributed by atoms with Crippen LogP contribution in [0.2, 0.25) is 0 Å². The molecular formula is C20H27F3N2O4. The van der Waals surface area contributed by atoms with E-state index in [9.17, 15) is 22.8 Å². The van der Waals surface area contributed by atoms with Gasteiger partial charge in [0.15, 0.2) is 0 Å². The Morgan fingerprint density at radius 3 is 2.03 bits per heavy atom. The third-order valence-electron chi connectivity index (χ3n) is 4.06. The predicted octanol–water partition coefficient (Wildman–Crippen LogP) is 4.68. The quantitative estimate of drug-likeness (QED) is 0.760. The lowest BCUT2D eigenvalue weighted by molar-refractivity contribution is -0.137. The lowest BCUT2D eigenvalue weighted by Crippen LogP contribution is -2.69. The minimum absolute atomic E-state index is 0.0392. The topological polar surface area (TPSA) is 67.9 Å². The fourth-order valence-electron chi connectivity index (χ4n) is 2.89. The Balaban J connectivity index is 2.29. The summed E-state index contributed by atoms with van der Waals surface area (Å²) in [5.41, 5.74) is -3.31. The standard InChI is InChI=1S/C20H27F3N2O4/c1-17(2,3)28-15(26)24-19(11-25(12-19)16(27)29-18(4,5)6)13-8-7-9-14(10-13)20(21,22)23/h7-10H,11-12H2,1-6H3,(H,24,26). The van der Waals surface area contributed by atoms with Gasteiger partial charge in [-0.25, -0.2) is 9.59 Å². The third kappa shape index (κ3) is 6.01. The van der Waals surface area contributed by atoms with Gasteiger partial charge in [-0.15, -0.1) is 0 Å². The summed E-state index contributed by atoms with van der Waals surface area (Å²) >= 11 is 0. The second kappa shape index (κ2) is 7.42. The fourth-order valence-corrected chi connectivity index (χ4v) is 2.89. The molecule has 29 heavy (non-hydrogen) atoms. The van der Waals surface area contributed by atoms with Crippen LogP contribution < -0.4 is 5.32 Å². The molecule has 0 aromatic heterocycles. The highest BCUT2D eigenvalue weighted by Gasteiger charge is 2.50. The first kappa shape index (κ1) is 22.8. The maximum absolute atomic E-state index is 13.2. The molecule has 0 aliphatic carbocycles. The number of carbonyl (C=O) groups is 2. The number of hydrogen-bond donors (Lipinski definition) is 1. The van der Waals surface area contributed by atoms with Gasteiger partial charge in [0.2, 0.25) is 0 Å². The highest BCUT2D eigenvalue weighted by molar-refractivity contribution is 5.73. The number of nitrogens with zero attached hydrogens (tertiary/aromatic N) is 1. The van der Waals surface area contributed by atoms with Crippen LogP contribution in [0, 0.1) is 0 Å². The monoisotopic (exact) mass is 416 g/mol. The van der Waals surface area contributed by atoms with Crippen LogP contribution in [0.4, 0.5) is 22.8 Å². The molecule has 1 saturated heterocycles. The maximum atomic E-state index is 13.2. The second-order valence-corrected chi connectivity index (χ2v) is 9.12. The molecule has 2 rings (SSSR count). The first-order chi connectivity index (χ1) is 13.0. The number of halogens is 3. The second-order valence-electron chi connectivity index (χ2n) is 9.12. The third-order valence-corrected chi connectivity index (χ3v) is 4.06. The molecule has 0 spiro atoms. The van der Waals surface area contributed by atoms with Crippen molar-refractivity contribution in [3.05, 3.63) is 35.4 Å². The van der Waals surface area contributed by atoms with Gasteiger partial charge < -0.3 is 19.7 Å². The highest BCUT2D eigenvalue weighted by atomic mass is 19.4. The van der Waals surface area contributed by atoms with E-state index in [0.717, 1.165) is 12.1 Å². The van der Waals surface area contributed by atoms with Crippen LogP contribution in [-0.4, -0.2) is 41.4 Å². The van der Waals surface area contributed by atoms with Crippen LogP contribution in [0.3, 0.4) is 0 Å². The van der Waals surface area contributed by atoms with Crippen molar-refractivity contribution < 1.29 is 32.2 Å². The van der Waals surface area contributed by atoms with Crippen LogP contribution in [0.5, 0.6) is 0 Å². The summed E-state index contributed by atoms with van der Waals surface area (Å²) in [7, 11) is 0. The van der Waals surface area contributed by atoms with Gasteiger partial charge in [0.05, 0.1) is 18.7 Å². The van der Waals surface area contributed by atoms with Crippen molar-refractivity contribution in [1.82, 2.24) is 10.2 Å². The number of alkyl carbamates (subject to hydrolysis) is 1. The molecule has 0 saturated carbocycles. The molecule has 0 radical (unpaired) electrons. The van der Waals surface area contributed by atoms with Crippen LogP contribution in [0.1, 0.15) is 52.7 Å². The van der Waals surface area contributed by atoms with Gasteiger partial charge in [-0.3, -0.25) is 0 Å². The molecule has 0 bridgehead atoms. The molecule has 0 atom stereocenters. The lowest BCUT2D eigenvalue weighted by Gasteiger charge is -2.50. The molecule has 1 aromatic rings. The summed E-state index contributed by atoms with van der Waals surface area (Å²) in [6.07, 6.45) is -5.91. The van der Waals surface area contributed by atoms with E-state index in [0.29, 0.717) is 0 Å². The molecule has 9 heteroatoms. The van der Waals surface area contributed by atoms with Crippen molar-refractivity contribution in [3.63, 3.8) is 0 Å². The van der Waals surface area contributed by atoms with E-state index in [2.05, 4.69) is 5.32 Å². The molecule has 6 nitrogen and oxygen atoms in total. The van der Waals surface area contributed by atoms with Crippen molar-refractivity contribution in [1.29, 1.82) is 0 Å². The van der Waals surface area contributed by atoms with E-state index in [1.807, 2.05) is 0 Å². The van der Waals surface area contributed by atoms with Crippen molar-refractivity contribution in [2.24, 2.45) is 0 Å². The van der Waals surface area contributed by atoms with E-state index in [-0.39, 0.29) is 18.7 Å². The summed E-state index contributed by atoms with van der Waals surface area (Å²) in [4.78, 5) is 25.9. The Morgan fingerprint density at radius 1 is 1.00 bits per heavy atom. The molecular weight excluding hydrogens is 389 g/mol. The number of nitrogens with one attached hydrogen (secondary N) is 1. The van der Waals surface area contributed by atoms with Crippen molar-refractivity contribution in [3.8, 4) is 0 Å².